The van der Waals surface area contributed by atoms with Crippen molar-refractivity contribution in [1.82, 2.24) is 29.8 Å². The number of carbonyl (C=O) groups is 3. The van der Waals surface area contributed by atoms with Gasteiger partial charge in [-0.15, -0.1) is 0 Å². The second-order valence-electron chi connectivity index (χ2n) is 10.4. The number of nitrogens with zero attached hydrogens (tertiary/aromatic N) is 5. The first kappa shape index (κ1) is 25.7. The number of piperidine rings is 2. The van der Waals surface area contributed by atoms with Crippen molar-refractivity contribution in [2.45, 2.75) is 83.7 Å². The third kappa shape index (κ3) is 6.42. The molecule has 35 heavy (non-hydrogen) atoms. The number of fused-ring (bicyclic) bond motifs is 1. The summed E-state index contributed by atoms with van der Waals surface area (Å²) in [5, 5.41) is 7.51. The average molecular weight is 487 g/mol. The van der Waals surface area contributed by atoms with Crippen molar-refractivity contribution in [3.05, 3.63) is 17.0 Å². The summed E-state index contributed by atoms with van der Waals surface area (Å²) >= 11 is 0. The maximum absolute atomic E-state index is 13.1. The van der Waals surface area contributed by atoms with Crippen LogP contribution in [0.1, 0.15) is 86.5 Å². The lowest BCUT2D eigenvalue weighted by molar-refractivity contribution is -0.134. The molecule has 1 aromatic rings. The van der Waals surface area contributed by atoms with Gasteiger partial charge in [0.2, 0.25) is 11.8 Å². The highest BCUT2D eigenvalue weighted by Crippen LogP contribution is 2.25. The molecular weight excluding hydrogens is 444 g/mol. The first-order valence-corrected chi connectivity index (χ1v) is 13.6. The second kappa shape index (κ2) is 12.0. The first-order valence-electron chi connectivity index (χ1n) is 13.6. The van der Waals surface area contributed by atoms with Crippen molar-refractivity contribution in [2.75, 3.05) is 39.3 Å². The lowest BCUT2D eigenvalue weighted by Gasteiger charge is -2.33. The van der Waals surface area contributed by atoms with Crippen LogP contribution in [-0.2, 0) is 29.6 Å². The molecule has 194 valence electrons. The molecule has 1 aromatic heterocycles. The summed E-state index contributed by atoms with van der Waals surface area (Å²) in [4.78, 5) is 44.5. The van der Waals surface area contributed by atoms with Crippen molar-refractivity contribution in [3.63, 3.8) is 0 Å². The fraction of sp³-hybridized carbons (Fsp3) is 0.769. The van der Waals surface area contributed by atoms with E-state index < -0.39 is 0 Å². The normalized spacial score (nSPS) is 21.0. The molecule has 0 radical (unpaired) electrons. The molecule has 0 aromatic carbocycles. The smallest absolute Gasteiger partial charge is 0.274 e. The largest absolute Gasteiger partial charge is 0.356 e. The molecule has 0 spiro atoms. The molecule has 3 aliphatic rings. The van der Waals surface area contributed by atoms with Gasteiger partial charge in [0.15, 0.2) is 5.69 Å². The number of aryl methyl sites for hydroxylation is 1. The average Bonchev–Trinajstić information content (AvgIpc) is 3.21. The minimum atomic E-state index is -0.0647. The molecule has 4 heterocycles. The lowest BCUT2D eigenvalue weighted by atomic mass is 10.0. The van der Waals surface area contributed by atoms with E-state index in [1.165, 1.54) is 19.3 Å². The standard InChI is InChI=1S/C26H42N6O3/c1-20-9-4-7-14-30(20)17-8-13-27-23(33)10-11-24(34)32-18-12-22-21(19-32)25(28-29(22)2)26(35)31-15-5-3-6-16-31/h20H,3-19H2,1-2H3,(H,27,33)/t20-/m1/s1. The van der Waals surface area contributed by atoms with Crippen LogP contribution in [0.15, 0.2) is 0 Å². The van der Waals surface area contributed by atoms with Crippen LogP contribution < -0.4 is 5.32 Å². The third-order valence-electron chi connectivity index (χ3n) is 7.89. The van der Waals surface area contributed by atoms with Crippen molar-refractivity contribution in [1.29, 1.82) is 0 Å². The monoisotopic (exact) mass is 486 g/mol. The molecule has 9 heteroatoms. The van der Waals surface area contributed by atoms with Gasteiger partial charge in [-0.05, 0) is 52.0 Å². The van der Waals surface area contributed by atoms with E-state index in [0.29, 0.717) is 37.8 Å². The number of carbonyl (C=O) groups excluding carboxylic acids is 3. The predicted molar refractivity (Wildman–Crippen MR) is 134 cm³/mol. The summed E-state index contributed by atoms with van der Waals surface area (Å²) in [6.45, 7) is 7.65. The Labute approximate surface area is 209 Å². The van der Waals surface area contributed by atoms with E-state index in [9.17, 15) is 14.4 Å². The van der Waals surface area contributed by atoms with Crippen LogP contribution in [0.3, 0.4) is 0 Å². The molecule has 0 saturated carbocycles. The number of amides is 3. The fourth-order valence-electron chi connectivity index (χ4n) is 5.69. The Morgan fingerprint density at radius 1 is 0.971 bits per heavy atom. The summed E-state index contributed by atoms with van der Waals surface area (Å²) in [7, 11) is 1.87. The Balaban J connectivity index is 1.22. The summed E-state index contributed by atoms with van der Waals surface area (Å²) < 4.78 is 1.80. The molecule has 3 aliphatic heterocycles. The molecule has 1 N–H and O–H groups in total. The maximum Gasteiger partial charge on any atom is 0.274 e. The Bertz CT molecular complexity index is 907. The van der Waals surface area contributed by atoms with Gasteiger partial charge in [-0.2, -0.15) is 5.10 Å². The van der Waals surface area contributed by atoms with Gasteiger partial charge in [0.1, 0.15) is 0 Å². The molecular formula is C26H42N6O3. The molecule has 2 fully saturated rings. The fourth-order valence-corrected chi connectivity index (χ4v) is 5.69. The van der Waals surface area contributed by atoms with Crippen molar-refractivity contribution < 1.29 is 14.4 Å². The van der Waals surface area contributed by atoms with Crippen molar-refractivity contribution >= 4 is 17.7 Å². The topological polar surface area (TPSA) is 90.8 Å². The Morgan fingerprint density at radius 2 is 1.74 bits per heavy atom. The molecule has 0 unspecified atom stereocenters. The highest BCUT2D eigenvalue weighted by Gasteiger charge is 2.31. The van der Waals surface area contributed by atoms with Crippen molar-refractivity contribution in [2.24, 2.45) is 7.05 Å². The van der Waals surface area contributed by atoms with Crippen molar-refractivity contribution in [3.8, 4) is 0 Å². The number of aromatic nitrogens is 2. The van der Waals surface area contributed by atoms with Crippen LogP contribution in [0.25, 0.3) is 0 Å². The van der Waals surface area contributed by atoms with Gasteiger partial charge in [0.25, 0.3) is 5.91 Å². The molecule has 0 bridgehead atoms. The summed E-state index contributed by atoms with van der Waals surface area (Å²) in [5.41, 5.74) is 2.40. The Morgan fingerprint density at radius 3 is 2.51 bits per heavy atom. The first-order chi connectivity index (χ1) is 16.9. The molecule has 1 atom stereocenters. The van der Waals surface area contributed by atoms with Gasteiger partial charge in [-0.1, -0.05) is 6.42 Å². The van der Waals surface area contributed by atoms with Gasteiger partial charge in [-0.25, -0.2) is 0 Å². The second-order valence-corrected chi connectivity index (χ2v) is 10.4. The molecule has 2 saturated heterocycles. The predicted octanol–water partition coefficient (Wildman–Crippen LogP) is 2.09. The van der Waals surface area contributed by atoms with E-state index in [1.54, 1.807) is 9.58 Å². The zero-order valence-electron chi connectivity index (χ0n) is 21.6. The highest BCUT2D eigenvalue weighted by atomic mass is 16.2. The zero-order valence-corrected chi connectivity index (χ0v) is 21.6. The summed E-state index contributed by atoms with van der Waals surface area (Å²) in [6.07, 6.45) is 9.09. The van der Waals surface area contributed by atoms with E-state index >= 15 is 0 Å². The summed E-state index contributed by atoms with van der Waals surface area (Å²) in [6, 6.07) is 0.637. The minimum absolute atomic E-state index is 0.0193. The Kier molecular flexibility index (Phi) is 8.81. The van der Waals surface area contributed by atoms with Gasteiger partial charge >= 0.3 is 0 Å². The van der Waals surface area contributed by atoms with Gasteiger partial charge < -0.3 is 20.0 Å². The van der Waals surface area contributed by atoms with Crippen LogP contribution in [0.4, 0.5) is 0 Å². The van der Waals surface area contributed by atoms with Crippen LogP contribution in [-0.4, -0.2) is 87.5 Å². The number of rotatable bonds is 8. The van der Waals surface area contributed by atoms with E-state index in [0.717, 1.165) is 63.1 Å². The number of likely N-dealkylation sites (tertiary alicyclic amines) is 2. The minimum Gasteiger partial charge on any atom is -0.356 e. The SMILES string of the molecule is C[C@@H]1CCCCN1CCCNC(=O)CCC(=O)N1CCc2c(c(C(=O)N3CCCCC3)nn2C)C1. The number of nitrogens with one attached hydrogen (secondary N) is 1. The van der Waals surface area contributed by atoms with Crippen LogP contribution in [0.5, 0.6) is 0 Å². The van der Waals surface area contributed by atoms with Gasteiger partial charge in [-0.3, -0.25) is 19.1 Å². The third-order valence-corrected chi connectivity index (χ3v) is 7.89. The molecule has 3 amide bonds. The Hall–Kier alpha value is -2.42. The van der Waals surface area contributed by atoms with Crippen LogP contribution >= 0.6 is 0 Å². The number of hydrogen-bond donors (Lipinski definition) is 1. The van der Waals surface area contributed by atoms with Gasteiger partial charge in [0.05, 0.1) is 0 Å². The molecule has 4 rings (SSSR count). The lowest BCUT2D eigenvalue weighted by Crippen LogP contribution is -2.40. The quantitative estimate of drug-likeness (QED) is 0.569. The van der Waals surface area contributed by atoms with Crippen LogP contribution in [0.2, 0.25) is 0 Å². The van der Waals surface area contributed by atoms with E-state index in [2.05, 4.69) is 22.2 Å². The number of hydrogen-bond acceptors (Lipinski definition) is 5. The van der Waals surface area contributed by atoms with E-state index in [-0.39, 0.29) is 30.6 Å². The van der Waals surface area contributed by atoms with Crippen LogP contribution in [0, 0.1) is 0 Å². The maximum atomic E-state index is 13.1. The molecule has 0 aliphatic carbocycles. The summed E-state index contributed by atoms with van der Waals surface area (Å²) in [5.74, 6) is -0.118. The van der Waals surface area contributed by atoms with E-state index in [4.69, 9.17) is 0 Å². The molecule has 9 nitrogen and oxygen atoms in total. The zero-order chi connectivity index (χ0) is 24.8. The van der Waals surface area contributed by atoms with Gasteiger partial charge in [0, 0.05) is 82.9 Å². The highest BCUT2D eigenvalue weighted by molar-refractivity contribution is 5.94. The van der Waals surface area contributed by atoms with E-state index in [1.807, 2.05) is 11.9 Å².